The summed E-state index contributed by atoms with van der Waals surface area (Å²) in [4.78, 5) is 31.4. The smallest absolute Gasteiger partial charge is 0.276 e. The molecule has 1 rings (SSSR count). The predicted octanol–water partition coefficient (Wildman–Crippen LogP) is 3.14. The van der Waals surface area contributed by atoms with E-state index in [4.69, 9.17) is 0 Å². The van der Waals surface area contributed by atoms with Crippen molar-refractivity contribution in [2.75, 3.05) is 0 Å². The Morgan fingerprint density at radius 2 is 1.86 bits per heavy atom. The van der Waals surface area contributed by atoms with Gasteiger partial charge in [-0.15, -0.1) is 0 Å². The van der Waals surface area contributed by atoms with Crippen LogP contribution in [-0.4, -0.2) is 15.6 Å². The largest absolute Gasteiger partial charge is 0.300 e. The molecule has 0 saturated carbocycles. The van der Waals surface area contributed by atoms with Gasteiger partial charge in [-0.3, -0.25) is 20.2 Å². The first-order valence-corrected chi connectivity index (χ1v) is 6.16. The van der Waals surface area contributed by atoms with Gasteiger partial charge in [-0.2, -0.15) is 0 Å². The number of carbonyl (C=O) groups is 1. The fourth-order valence-corrected chi connectivity index (χ4v) is 1.60. The van der Waals surface area contributed by atoms with E-state index in [-0.39, 0.29) is 30.0 Å². The molecule has 0 fully saturated rings. The van der Waals surface area contributed by atoms with Crippen molar-refractivity contribution in [3.63, 3.8) is 0 Å². The second kappa shape index (κ2) is 7.68. The zero-order valence-electron chi connectivity index (χ0n) is 11.4. The highest BCUT2D eigenvalue weighted by molar-refractivity contribution is 5.75. The number of hydrogen-bond acceptors (Lipinski definition) is 5. The molecule has 7 heteroatoms. The van der Waals surface area contributed by atoms with Gasteiger partial charge in [0.05, 0.1) is 15.4 Å². The average molecular weight is 290 g/mol. The molecule has 7 nitrogen and oxygen atoms in total. The second-order valence-electron chi connectivity index (χ2n) is 4.29. The van der Waals surface area contributed by atoms with Crippen molar-refractivity contribution < 1.29 is 14.6 Å². The van der Waals surface area contributed by atoms with E-state index in [0.717, 1.165) is 0 Å². The summed E-state index contributed by atoms with van der Waals surface area (Å²) in [5, 5.41) is 21.6. The Hall–Kier alpha value is -2.83. The lowest BCUT2D eigenvalue weighted by atomic mass is 10.1. The van der Waals surface area contributed by atoms with Crippen LogP contribution in [0.2, 0.25) is 0 Å². The molecule has 110 valence electrons. The van der Waals surface area contributed by atoms with Gasteiger partial charge in [-0.25, -0.2) is 0 Å². The number of nitrogens with zero attached hydrogens (tertiary/aromatic N) is 2. The molecule has 0 saturated heterocycles. The van der Waals surface area contributed by atoms with Crippen molar-refractivity contribution in [1.29, 1.82) is 0 Å². The first kappa shape index (κ1) is 16.2. The van der Waals surface area contributed by atoms with Crippen LogP contribution in [0.1, 0.15) is 25.3 Å². The summed E-state index contributed by atoms with van der Waals surface area (Å²) in [6.07, 6.45) is 4.17. The van der Waals surface area contributed by atoms with Gasteiger partial charge in [-0.05, 0) is 19.1 Å². The molecule has 0 atom stereocenters. The highest BCUT2D eigenvalue weighted by Crippen LogP contribution is 2.19. The molecule has 21 heavy (non-hydrogen) atoms. The molecule has 0 unspecified atom stereocenters. The zero-order valence-corrected chi connectivity index (χ0v) is 11.4. The lowest BCUT2D eigenvalue weighted by Gasteiger charge is -1.96. The summed E-state index contributed by atoms with van der Waals surface area (Å²) in [7, 11) is 0. The fourth-order valence-electron chi connectivity index (χ4n) is 1.60. The fraction of sp³-hybridized carbons (Fsp3) is 0.214. The van der Waals surface area contributed by atoms with Gasteiger partial charge in [0, 0.05) is 25.0 Å². The second-order valence-corrected chi connectivity index (χ2v) is 4.29. The van der Waals surface area contributed by atoms with Gasteiger partial charge in [0.2, 0.25) is 5.70 Å². The van der Waals surface area contributed by atoms with E-state index in [9.17, 15) is 25.0 Å². The number of benzene rings is 1. The van der Waals surface area contributed by atoms with Gasteiger partial charge in [0.15, 0.2) is 0 Å². The van der Waals surface area contributed by atoms with E-state index in [2.05, 4.69) is 0 Å². The van der Waals surface area contributed by atoms with Crippen LogP contribution in [0.5, 0.6) is 0 Å². The highest BCUT2D eigenvalue weighted by atomic mass is 16.6. The number of allylic oxidation sites excluding steroid dienone is 3. The molecule has 0 amide bonds. The first-order chi connectivity index (χ1) is 9.91. The highest BCUT2D eigenvalue weighted by Gasteiger charge is 2.11. The number of hydrogen-bond donors (Lipinski definition) is 0. The Labute approximate surface area is 120 Å². The van der Waals surface area contributed by atoms with E-state index in [1.54, 1.807) is 18.2 Å². The summed E-state index contributed by atoms with van der Waals surface area (Å²) < 4.78 is 0. The van der Waals surface area contributed by atoms with Crippen LogP contribution < -0.4 is 0 Å². The molecule has 0 heterocycles. The van der Waals surface area contributed by atoms with Gasteiger partial charge in [0.25, 0.3) is 5.69 Å². The maximum Gasteiger partial charge on any atom is 0.276 e. The third kappa shape index (κ3) is 5.35. The van der Waals surface area contributed by atoms with Crippen molar-refractivity contribution >= 4 is 17.5 Å². The molecule has 0 aliphatic heterocycles. The van der Waals surface area contributed by atoms with E-state index < -0.39 is 9.85 Å². The Balaban J connectivity index is 2.92. The molecule has 0 N–H and O–H groups in total. The molecule has 0 radical (unpaired) electrons. The SMILES string of the molecule is CC(=O)CC/C(=C\C=C\c1ccccc1[N+](=O)[O-])[N+](=O)[O-]. The van der Waals surface area contributed by atoms with E-state index in [1.165, 1.54) is 31.2 Å². The minimum atomic E-state index is -0.563. The van der Waals surface area contributed by atoms with Crippen molar-refractivity contribution in [2.24, 2.45) is 0 Å². The number of nitro benzene ring substituents is 1. The quantitative estimate of drug-likeness (QED) is 0.436. The third-order valence-corrected chi connectivity index (χ3v) is 2.67. The van der Waals surface area contributed by atoms with E-state index >= 15 is 0 Å². The number of Topliss-reactive ketones (excluding diaryl/α,β-unsaturated/α-hetero) is 1. The molecule has 0 bridgehead atoms. The molecular weight excluding hydrogens is 276 g/mol. The molecule has 1 aromatic carbocycles. The topological polar surface area (TPSA) is 103 Å². The van der Waals surface area contributed by atoms with Crippen LogP contribution in [0.4, 0.5) is 5.69 Å². The molecule has 0 spiro atoms. The van der Waals surface area contributed by atoms with Gasteiger partial charge in [-0.1, -0.05) is 18.2 Å². The first-order valence-electron chi connectivity index (χ1n) is 6.16. The van der Waals surface area contributed by atoms with Gasteiger partial charge in [0.1, 0.15) is 5.78 Å². The molecule has 0 aliphatic rings. The zero-order chi connectivity index (χ0) is 15.8. The van der Waals surface area contributed by atoms with Crippen molar-refractivity contribution in [3.05, 3.63) is 67.9 Å². The van der Waals surface area contributed by atoms with Gasteiger partial charge >= 0.3 is 0 Å². The number of carbonyl (C=O) groups excluding carboxylic acids is 1. The third-order valence-electron chi connectivity index (χ3n) is 2.67. The summed E-state index contributed by atoms with van der Waals surface area (Å²) >= 11 is 0. The number of nitro groups is 2. The number of ketones is 1. The summed E-state index contributed by atoms with van der Waals surface area (Å²) in [6.45, 7) is 1.36. The van der Waals surface area contributed by atoms with Crippen molar-refractivity contribution in [3.8, 4) is 0 Å². The summed E-state index contributed by atoms with van der Waals surface area (Å²) in [6, 6.07) is 6.08. The molecule has 0 aromatic heterocycles. The number of rotatable bonds is 7. The maximum absolute atomic E-state index is 10.8. The van der Waals surface area contributed by atoms with Gasteiger partial charge < -0.3 is 4.79 Å². The van der Waals surface area contributed by atoms with Crippen molar-refractivity contribution in [1.82, 2.24) is 0 Å². The van der Waals surface area contributed by atoms with Crippen LogP contribution in [-0.2, 0) is 4.79 Å². The molecular formula is C14H14N2O5. The van der Waals surface area contributed by atoms with Crippen molar-refractivity contribution in [2.45, 2.75) is 19.8 Å². The normalized spacial score (nSPS) is 11.6. The van der Waals surface area contributed by atoms with E-state index in [0.29, 0.717) is 5.56 Å². The number of para-hydroxylation sites is 1. The van der Waals surface area contributed by atoms with Crippen LogP contribution in [0, 0.1) is 20.2 Å². The Morgan fingerprint density at radius 1 is 1.19 bits per heavy atom. The van der Waals surface area contributed by atoms with E-state index in [1.807, 2.05) is 0 Å². The van der Waals surface area contributed by atoms with Crippen LogP contribution >= 0.6 is 0 Å². The molecule has 1 aromatic rings. The monoisotopic (exact) mass is 290 g/mol. The van der Waals surface area contributed by atoms with Crippen LogP contribution in [0.25, 0.3) is 6.08 Å². The minimum absolute atomic E-state index is 0.0313. The average Bonchev–Trinajstić information content (AvgIpc) is 2.42. The predicted molar refractivity (Wildman–Crippen MR) is 77.1 cm³/mol. The maximum atomic E-state index is 10.8. The lowest BCUT2D eigenvalue weighted by Crippen LogP contribution is -2.01. The molecule has 0 aliphatic carbocycles. The Kier molecular flexibility index (Phi) is 5.94. The minimum Gasteiger partial charge on any atom is -0.300 e. The summed E-state index contributed by atoms with van der Waals surface area (Å²) in [5.74, 6) is -0.134. The van der Waals surface area contributed by atoms with Crippen LogP contribution in [0.15, 0.2) is 42.1 Å². The Morgan fingerprint density at radius 3 is 2.43 bits per heavy atom. The van der Waals surface area contributed by atoms with Crippen LogP contribution in [0.3, 0.4) is 0 Å². The Bertz CT molecular complexity index is 620. The lowest BCUT2D eigenvalue weighted by molar-refractivity contribution is -0.427. The standard InChI is InChI=1S/C14H14N2O5/c1-11(17)9-10-13(15(18)19)7-4-6-12-5-2-3-8-14(12)16(20)21/h2-8H,9-10H2,1H3/b6-4+,13-7+. The summed E-state index contributed by atoms with van der Waals surface area (Å²) in [5.41, 5.74) is 0.168.